The molecule has 0 aromatic carbocycles. The second-order valence-corrected chi connectivity index (χ2v) is 14.6. The summed E-state index contributed by atoms with van der Waals surface area (Å²) in [6, 6.07) is 0. The van der Waals surface area contributed by atoms with Crippen LogP contribution >= 0.6 is 0 Å². The minimum absolute atomic E-state index is 0. The fourth-order valence-corrected chi connectivity index (χ4v) is 10.1. The van der Waals surface area contributed by atoms with Crippen molar-refractivity contribution in [2.75, 3.05) is 0 Å². The van der Waals surface area contributed by atoms with Gasteiger partial charge in [0.15, 0.2) is 0 Å². The molecule has 2 nitrogen and oxygen atoms in total. The predicted octanol–water partition coefficient (Wildman–Crippen LogP) is 2.41. The molecule has 0 saturated carbocycles. The smallest absolute Gasteiger partial charge is 0.109 e. The minimum atomic E-state index is -0.981. The minimum Gasteiger partial charge on any atom is -0.360 e. The van der Waals surface area contributed by atoms with Gasteiger partial charge in [0, 0.05) is 0 Å². The van der Waals surface area contributed by atoms with Crippen molar-refractivity contribution in [1.82, 2.24) is 10.8 Å². The number of nitrogens with one attached hydrogen (secondary N) is 1. The molecule has 4 heteroatoms. The summed E-state index contributed by atoms with van der Waals surface area (Å²) in [5.74, 6) is 0. The van der Waals surface area contributed by atoms with Gasteiger partial charge in [0.05, 0.1) is 0 Å². The van der Waals surface area contributed by atoms with Crippen LogP contribution in [0.5, 0.6) is 0 Å². The Morgan fingerprint density at radius 3 is 0.900 bits per heavy atom. The van der Waals surface area contributed by atoms with E-state index in [9.17, 15) is 0 Å². The maximum absolute atomic E-state index is 3.74. The molecule has 0 spiro atoms. The Bertz CT molecular complexity index is 78.9. The van der Waals surface area contributed by atoms with Crippen LogP contribution in [0.1, 0.15) is 0 Å². The zero-order chi connectivity index (χ0) is 7.71. The molecule has 4 N–H and O–H groups in total. The van der Waals surface area contributed by atoms with Gasteiger partial charge in [-0.2, -0.15) is 0 Å². The van der Waals surface area contributed by atoms with Crippen molar-refractivity contribution in [3.8, 4) is 0 Å². The molecule has 0 unspecified atom stereocenters. The third-order valence-electron chi connectivity index (χ3n) is 0.750. The quantitative estimate of drug-likeness (QED) is 0.638. The van der Waals surface area contributed by atoms with Crippen molar-refractivity contribution in [3.63, 3.8) is 0 Å². The van der Waals surface area contributed by atoms with Crippen LogP contribution in [0.25, 0.3) is 0 Å². The Morgan fingerprint density at radius 2 is 0.900 bits per heavy atom. The topological polar surface area (TPSA) is 47.0 Å². The van der Waals surface area contributed by atoms with E-state index in [2.05, 4.69) is 43.9 Å². The summed E-state index contributed by atoms with van der Waals surface area (Å²) in [5.41, 5.74) is 0. The second-order valence-electron chi connectivity index (χ2n) is 4.62. The highest BCUT2D eigenvalue weighted by atomic mass is 28.4. The van der Waals surface area contributed by atoms with Crippen LogP contribution in [0.15, 0.2) is 0 Å². The van der Waals surface area contributed by atoms with Gasteiger partial charge in [-0.15, -0.1) is 0 Å². The molecule has 0 bridgehead atoms. The van der Waals surface area contributed by atoms with Crippen LogP contribution < -0.4 is 10.8 Å². The summed E-state index contributed by atoms with van der Waals surface area (Å²) in [5, 5.41) is 0. The van der Waals surface area contributed by atoms with E-state index in [0.717, 1.165) is 0 Å². The van der Waals surface area contributed by atoms with E-state index in [1.807, 2.05) is 0 Å². The highest BCUT2D eigenvalue weighted by Gasteiger charge is 2.22. The van der Waals surface area contributed by atoms with E-state index in [0.29, 0.717) is 0 Å². The molecule has 0 radical (unpaired) electrons. The van der Waals surface area contributed by atoms with Crippen molar-refractivity contribution >= 4 is 16.5 Å². The van der Waals surface area contributed by atoms with Crippen molar-refractivity contribution < 1.29 is 0 Å². The summed E-state index contributed by atoms with van der Waals surface area (Å²) < 4.78 is 3.74. The van der Waals surface area contributed by atoms with E-state index in [4.69, 9.17) is 0 Å². The molecule has 0 aromatic rings. The maximum Gasteiger partial charge on any atom is 0.109 e. The predicted molar refractivity (Wildman–Crippen MR) is 54.8 cm³/mol. The van der Waals surface area contributed by atoms with Crippen LogP contribution in [-0.4, -0.2) is 16.5 Å². The Hall–Kier alpha value is 0.354. The van der Waals surface area contributed by atoms with Gasteiger partial charge in [0.25, 0.3) is 0 Å². The van der Waals surface area contributed by atoms with Crippen LogP contribution in [0.4, 0.5) is 0 Å². The van der Waals surface area contributed by atoms with Crippen molar-refractivity contribution in [2.45, 2.75) is 39.3 Å². The molecule has 0 aliphatic rings. The zero-order valence-electron chi connectivity index (χ0n) is 8.21. The first-order valence-electron chi connectivity index (χ1n) is 3.50. The van der Waals surface area contributed by atoms with Crippen LogP contribution in [-0.2, 0) is 0 Å². The van der Waals surface area contributed by atoms with Gasteiger partial charge in [-0.25, -0.2) is 0 Å². The molecule has 0 atom stereocenters. The zero-order valence-corrected chi connectivity index (χ0v) is 10.2. The summed E-state index contributed by atoms with van der Waals surface area (Å²) in [4.78, 5) is 0. The Labute approximate surface area is 67.2 Å². The first kappa shape index (κ1) is 13.0. The lowest BCUT2D eigenvalue weighted by molar-refractivity contribution is 1.30. The molecule has 0 aromatic heterocycles. The van der Waals surface area contributed by atoms with Crippen molar-refractivity contribution in [1.29, 1.82) is 0 Å². The van der Waals surface area contributed by atoms with Gasteiger partial charge in [-0.1, -0.05) is 39.3 Å². The lowest BCUT2D eigenvalue weighted by atomic mass is 11.8. The maximum atomic E-state index is 3.74. The van der Waals surface area contributed by atoms with Crippen LogP contribution in [0.2, 0.25) is 39.3 Å². The van der Waals surface area contributed by atoms with Gasteiger partial charge in [-0.05, 0) is 0 Å². The largest absolute Gasteiger partial charge is 0.360 e. The van der Waals surface area contributed by atoms with Crippen LogP contribution in [0, 0.1) is 0 Å². The fraction of sp³-hybridized carbons (Fsp3) is 1.00. The van der Waals surface area contributed by atoms with E-state index >= 15 is 0 Å². The van der Waals surface area contributed by atoms with Gasteiger partial charge < -0.3 is 10.8 Å². The lowest BCUT2D eigenvalue weighted by Gasteiger charge is -2.28. The molecule has 0 fully saturated rings. The summed E-state index contributed by atoms with van der Waals surface area (Å²) >= 11 is 0. The van der Waals surface area contributed by atoms with E-state index in [1.54, 1.807) is 0 Å². The molecular weight excluding hydrogens is 156 g/mol. The first-order valence-corrected chi connectivity index (χ1v) is 10.5. The Morgan fingerprint density at radius 1 is 0.700 bits per heavy atom. The summed E-state index contributed by atoms with van der Waals surface area (Å²) in [6.45, 7) is 14.1. The van der Waals surface area contributed by atoms with Gasteiger partial charge in [0.2, 0.25) is 0 Å². The van der Waals surface area contributed by atoms with E-state index in [1.165, 1.54) is 0 Å². The van der Waals surface area contributed by atoms with Crippen LogP contribution in [0.3, 0.4) is 0 Å². The monoisotopic (exact) mass is 178 g/mol. The highest BCUT2D eigenvalue weighted by molar-refractivity contribution is 6.90. The third-order valence-corrected chi connectivity index (χ3v) is 6.75. The molecule has 0 amide bonds. The molecule has 0 aliphatic carbocycles. The molecule has 0 heterocycles. The van der Waals surface area contributed by atoms with Crippen molar-refractivity contribution in [2.24, 2.45) is 0 Å². The molecule has 0 rings (SSSR count). The molecule has 0 aliphatic heterocycles. The van der Waals surface area contributed by atoms with E-state index < -0.39 is 16.5 Å². The average Bonchev–Trinajstić information content (AvgIpc) is 1.14. The fourth-order valence-electron chi connectivity index (χ4n) is 1.12. The molecule has 64 valence electrons. The summed E-state index contributed by atoms with van der Waals surface area (Å²) in [7, 11) is -1.96. The number of rotatable bonds is 2. The Kier molecular flexibility index (Phi) is 4.75. The highest BCUT2D eigenvalue weighted by Crippen LogP contribution is 2.02. The lowest BCUT2D eigenvalue weighted by Crippen LogP contribution is -2.55. The average molecular weight is 178 g/mol. The Balaban J connectivity index is 0. The van der Waals surface area contributed by atoms with Gasteiger partial charge >= 0.3 is 0 Å². The number of hydrogen-bond donors (Lipinski definition) is 2. The summed E-state index contributed by atoms with van der Waals surface area (Å²) in [6.07, 6.45) is 0. The normalized spacial score (nSPS) is 12.6. The molecule has 10 heavy (non-hydrogen) atoms. The molecular formula is C6H22N2Si2. The molecule has 0 saturated heterocycles. The van der Waals surface area contributed by atoms with E-state index in [-0.39, 0.29) is 6.15 Å². The third kappa shape index (κ3) is 11.2. The second kappa shape index (κ2) is 3.66. The van der Waals surface area contributed by atoms with Crippen molar-refractivity contribution in [3.05, 3.63) is 0 Å². The van der Waals surface area contributed by atoms with Gasteiger partial charge in [-0.3, -0.25) is 0 Å². The number of hydrogen-bond acceptors (Lipinski definition) is 2. The standard InChI is InChI=1S/C6H19NSi2.H3N/c1-8(2,3)7-9(4,5)6;/h7H,1-6H3;1H3. The van der Waals surface area contributed by atoms with Gasteiger partial charge in [0.1, 0.15) is 16.5 Å². The SMILES string of the molecule is C[Si](C)(C)N[Si](C)(C)C.N. The first-order chi connectivity index (χ1) is 3.71.